The van der Waals surface area contributed by atoms with Crippen molar-refractivity contribution in [3.05, 3.63) is 90.0 Å². The van der Waals surface area contributed by atoms with E-state index in [9.17, 15) is 19.5 Å². The summed E-state index contributed by atoms with van der Waals surface area (Å²) in [6.45, 7) is 3.67. The fourth-order valence-electron chi connectivity index (χ4n) is 4.41. The van der Waals surface area contributed by atoms with Gasteiger partial charge < -0.3 is 20.5 Å². The second-order valence-corrected chi connectivity index (χ2v) is 9.32. The molecule has 0 unspecified atom stereocenters. The van der Waals surface area contributed by atoms with E-state index in [0.29, 0.717) is 12.0 Å². The van der Waals surface area contributed by atoms with E-state index in [1.54, 1.807) is 19.2 Å². The Balaban J connectivity index is 1.98. The molecule has 3 N–H and O–H groups in total. The number of nitrogens with zero attached hydrogens (tertiary/aromatic N) is 1. The van der Waals surface area contributed by atoms with Crippen LogP contribution in [0.25, 0.3) is 11.1 Å². The number of amides is 2. The molecule has 0 aliphatic carbocycles. The summed E-state index contributed by atoms with van der Waals surface area (Å²) in [5.74, 6) is -1.50. The molecule has 0 aliphatic rings. The van der Waals surface area contributed by atoms with Crippen molar-refractivity contribution in [3.8, 4) is 16.9 Å². The molecule has 0 fully saturated rings. The maximum absolute atomic E-state index is 13.8. The SMILES string of the molecule is COc1cccc(-c2ccc(C(=O)N([C@@H](CCC(N)=O)C(=O)O)C(C)(C)Cc3ccccc3)cc2)c1. The van der Waals surface area contributed by atoms with Crippen LogP contribution >= 0.6 is 0 Å². The molecule has 0 spiro atoms. The van der Waals surface area contributed by atoms with Gasteiger partial charge in [-0.05, 0) is 67.6 Å². The molecule has 7 heteroatoms. The van der Waals surface area contributed by atoms with E-state index >= 15 is 0 Å². The number of hydrogen-bond acceptors (Lipinski definition) is 4. The quantitative estimate of drug-likeness (QED) is 0.412. The van der Waals surface area contributed by atoms with Gasteiger partial charge in [0.2, 0.25) is 5.91 Å². The van der Waals surface area contributed by atoms with Crippen LogP contribution in [0.3, 0.4) is 0 Å². The van der Waals surface area contributed by atoms with Crippen LogP contribution in [0.1, 0.15) is 42.6 Å². The van der Waals surface area contributed by atoms with Crippen molar-refractivity contribution < 1.29 is 24.2 Å². The van der Waals surface area contributed by atoms with Gasteiger partial charge in [0.05, 0.1) is 7.11 Å². The van der Waals surface area contributed by atoms with Crippen LogP contribution < -0.4 is 10.5 Å². The largest absolute Gasteiger partial charge is 0.497 e. The van der Waals surface area contributed by atoms with Gasteiger partial charge in [-0.25, -0.2) is 4.79 Å². The lowest BCUT2D eigenvalue weighted by atomic mass is 9.89. The van der Waals surface area contributed by atoms with Gasteiger partial charge in [0.25, 0.3) is 5.91 Å². The Labute approximate surface area is 211 Å². The topological polar surface area (TPSA) is 110 Å². The maximum atomic E-state index is 13.8. The molecule has 0 aliphatic heterocycles. The number of methoxy groups -OCH3 is 1. The van der Waals surface area contributed by atoms with E-state index < -0.39 is 29.4 Å². The van der Waals surface area contributed by atoms with Gasteiger partial charge in [-0.2, -0.15) is 0 Å². The molecular weight excluding hydrogens is 456 g/mol. The lowest BCUT2D eigenvalue weighted by molar-refractivity contribution is -0.144. The predicted molar refractivity (Wildman–Crippen MR) is 139 cm³/mol. The normalized spacial score (nSPS) is 12.0. The van der Waals surface area contributed by atoms with Crippen LogP contribution in [0.15, 0.2) is 78.9 Å². The standard InChI is InChI=1S/C29H32N2O5/c1-29(2,19-20-8-5-4-6-9-20)31(25(28(34)35)16-17-26(30)32)27(33)22-14-12-21(13-15-22)23-10-7-11-24(18-23)36-3/h4-15,18,25H,16-17,19H2,1-3H3,(H2,30,32)(H,34,35)/t25-/m0/s1. The zero-order valence-corrected chi connectivity index (χ0v) is 20.8. The summed E-state index contributed by atoms with van der Waals surface area (Å²) in [7, 11) is 1.60. The van der Waals surface area contributed by atoms with Gasteiger partial charge in [-0.1, -0.05) is 54.6 Å². The Morgan fingerprint density at radius 1 is 0.944 bits per heavy atom. The third kappa shape index (κ3) is 6.50. The molecule has 0 radical (unpaired) electrons. The van der Waals surface area contributed by atoms with E-state index in [4.69, 9.17) is 10.5 Å². The number of carbonyl (C=O) groups is 3. The summed E-state index contributed by atoms with van der Waals surface area (Å²) < 4.78 is 5.30. The van der Waals surface area contributed by atoms with Crippen LogP contribution in [0.5, 0.6) is 5.75 Å². The number of ether oxygens (including phenoxy) is 1. The minimum atomic E-state index is -1.22. The van der Waals surface area contributed by atoms with Crippen molar-refractivity contribution >= 4 is 17.8 Å². The fourth-order valence-corrected chi connectivity index (χ4v) is 4.41. The average molecular weight is 489 g/mol. The van der Waals surface area contributed by atoms with E-state index in [1.165, 1.54) is 4.90 Å². The van der Waals surface area contributed by atoms with Crippen molar-refractivity contribution in [1.29, 1.82) is 0 Å². The highest BCUT2D eigenvalue weighted by atomic mass is 16.5. The van der Waals surface area contributed by atoms with Gasteiger partial charge >= 0.3 is 5.97 Å². The number of aliphatic carboxylic acids is 1. The Hall–Kier alpha value is -4.13. The first kappa shape index (κ1) is 26.5. The first-order valence-electron chi connectivity index (χ1n) is 11.8. The summed E-state index contributed by atoms with van der Waals surface area (Å²) in [6.07, 6.45) is 0.218. The van der Waals surface area contributed by atoms with Crippen molar-refractivity contribution in [2.24, 2.45) is 5.73 Å². The minimum absolute atomic E-state index is 0.0729. The summed E-state index contributed by atoms with van der Waals surface area (Å²) in [6, 6.07) is 23.0. The molecule has 1 atom stereocenters. The first-order valence-corrected chi connectivity index (χ1v) is 11.8. The number of benzene rings is 3. The minimum Gasteiger partial charge on any atom is -0.497 e. The molecule has 0 bridgehead atoms. The van der Waals surface area contributed by atoms with E-state index in [0.717, 1.165) is 22.4 Å². The summed E-state index contributed by atoms with van der Waals surface area (Å²) in [5.41, 5.74) is 7.58. The lowest BCUT2D eigenvalue weighted by Crippen LogP contribution is -2.57. The van der Waals surface area contributed by atoms with Crippen LogP contribution in [-0.4, -0.2) is 46.5 Å². The molecule has 3 aromatic rings. The second-order valence-electron chi connectivity index (χ2n) is 9.32. The summed E-state index contributed by atoms with van der Waals surface area (Å²) in [4.78, 5) is 39.0. The van der Waals surface area contributed by atoms with Crippen LogP contribution in [-0.2, 0) is 16.0 Å². The Kier molecular flexibility index (Phi) is 8.48. The van der Waals surface area contributed by atoms with Gasteiger partial charge in [-0.15, -0.1) is 0 Å². The molecule has 0 aromatic heterocycles. The lowest BCUT2D eigenvalue weighted by Gasteiger charge is -2.42. The number of carboxylic acid groups (broad SMARTS) is 1. The number of nitrogens with two attached hydrogens (primary N) is 1. The zero-order valence-electron chi connectivity index (χ0n) is 20.8. The van der Waals surface area contributed by atoms with Gasteiger partial charge in [-0.3, -0.25) is 9.59 Å². The number of primary amides is 1. The third-order valence-electron chi connectivity index (χ3n) is 6.15. The van der Waals surface area contributed by atoms with E-state index in [1.807, 2.05) is 80.6 Å². The zero-order chi connectivity index (χ0) is 26.3. The van der Waals surface area contributed by atoms with E-state index in [2.05, 4.69) is 0 Å². The molecule has 0 saturated heterocycles. The third-order valence-corrected chi connectivity index (χ3v) is 6.15. The van der Waals surface area contributed by atoms with Crippen molar-refractivity contribution in [3.63, 3.8) is 0 Å². The molecule has 3 aromatic carbocycles. The van der Waals surface area contributed by atoms with Crippen LogP contribution in [0.4, 0.5) is 0 Å². The maximum Gasteiger partial charge on any atom is 0.326 e. The highest BCUT2D eigenvalue weighted by molar-refractivity contribution is 5.97. The smallest absolute Gasteiger partial charge is 0.326 e. The molecule has 0 heterocycles. The monoisotopic (exact) mass is 488 g/mol. The van der Waals surface area contributed by atoms with Gasteiger partial charge in [0.15, 0.2) is 0 Å². The van der Waals surface area contributed by atoms with Crippen molar-refractivity contribution in [1.82, 2.24) is 4.90 Å². The molecule has 2 amide bonds. The summed E-state index contributed by atoms with van der Waals surface area (Å²) in [5, 5.41) is 10.1. The summed E-state index contributed by atoms with van der Waals surface area (Å²) >= 11 is 0. The fraction of sp³-hybridized carbons (Fsp3) is 0.276. The molecule has 0 saturated carbocycles. The first-order chi connectivity index (χ1) is 17.1. The predicted octanol–water partition coefficient (Wildman–Crippen LogP) is 4.54. The molecule has 3 rings (SSSR count). The highest BCUT2D eigenvalue weighted by Crippen LogP contribution is 2.29. The Morgan fingerprint density at radius 3 is 2.19 bits per heavy atom. The number of carboxylic acids is 1. The van der Waals surface area contributed by atoms with E-state index in [-0.39, 0.29) is 12.8 Å². The van der Waals surface area contributed by atoms with Gasteiger partial charge in [0.1, 0.15) is 11.8 Å². The molecule has 36 heavy (non-hydrogen) atoms. The molecule has 188 valence electrons. The molecular formula is C29H32N2O5. The van der Waals surface area contributed by atoms with Crippen molar-refractivity contribution in [2.45, 2.75) is 44.7 Å². The average Bonchev–Trinajstić information content (AvgIpc) is 2.86. The molecule has 7 nitrogen and oxygen atoms in total. The Morgan fingerprint density at radius 2 is 1.61 bits per heavy atom. The number of carbonyl (C=O) groups excluding carboxylic acids is 2. The van der Waals surface area contributed by atoms with Crippen molar-refractivity contribution in [2.75, 3.05) is 7.11 Å². The van der Waals surface area contributed by atoms with Gasteiger partial charge in [0, 0.05) is 17.5 Å². The van der Waals surface area contributed by atoms with Crippen LogP contribution in [0, 0.1) is 0 Å². The number of hydrogen-bond donors (Lipinski definition) is 2. The second kappa shape index (κ2) is 11.5. The van der Waals surface area contributed by atoms with Crippen LogP contribution in [0.2, 0.25) is 0 Å². The number of rotatable bonds is 11. The highest BCUT2D eigenvalue weighted by Gasteiger charge is 2.40. The Bertz CT molecular complexity index is 1210.